The van der Waals surface area contributed by atoms with Crippen LogP contribution < -0.4 is 0 Å². The lowest BCUT2D eigenvalue weighted by atomic mass is 9.94. The maximum Gasteiger partial charge on any atom is 0.422 e. The van der Waals surface area contributed by atoms with Crippen LogP contribution in [0.15, 0.2) is 63.6 Å². The molecule has 1 aliphatic heterocycles. The van der Waals surface area contributed by atoms with Crippen LogP contribution in [0.2, 0.25) is 0 Å². The Bertz CT molecular complexity index is 1460. The van der Waals surface area contributed by atoms with Crippen molar-refractivity contribution in [3.05, 3.63) is 65.7 Å². The minimum atomic E-state index is -4.79. The van der Waals surface area contributed by atoms with Gasteiger partial charge in [-0.3, -0.25) is 9.69 Å². The van der Waals surface area contributed by atoms with Gasteiger partial charge in [-0.25, -0.2) is 0 Å². The molecule has 2 N–H and O–H groups in total. The molecule has 0 saturated carbocycles. The van der Waals surface area contributed by atoms with E-state index >= 15 is 0 Å². The van der Waals surface area contributed by atoms with Gasteiger partial charge in [0.25, 0.3) is 5.89 Å². The molecular weight excluding hydrogens is 644 g/mol. The van der Waals surface area contributed by atoms with E-state index in [2.05, 4.69) is 42.8 Å². The summed E-state index contributed by atoms with van der Waals surface area (Å²) in [4.78, 5) is 17.4. The fraction of sp³-hybridized carbons (Fsp3) is 0.333. The highest BCUT2D eigenvalue weighted by molar-refractivity contribution is 14.1. The van der Waals surface area contributed by atoms with Crippen molar-refractivity contribution in [1.29, 1.82) is 0 Å². The number of rotatable bonds is 8. The molecule has 3 atom stereocenters. The molecule has 1 fully saturated rings. The number of carbonyl (C=O) groups is 1. The van der Waals surface area contributed by atoms with Crippen molar-refractivity contribution in [3.8, 4) is 34.3 Å². The number of benzene rings is 2. The second-order valence-electron chi connectivity index (χ2n) is 9.53. The zero-order valence-electron chi connectivity index (χ0n) is 20.9. The zero-order valence-corrected chi connectivity index (χ0v) is 23.0. The average Bonchev–Trinajstić information content (AvgIpc) is 3.59. The monoisotopic (exact) mass is 668 g/mol. The summed E-state index contributed by atoms with van der Waals surface area (Å²) in [6, 6.07) is 14.5. The van der Waals surface area contributed by atoms with Crippen molar-refractivity contribution in [2.24, 2.45) is 5.92 Å². The number of hydrogen-bond acceptors (Lipinski definition) is 8. The number of piperidine rings is 1. The Kier molecular flexibility index (Phi) is 8.24. The third-order valence-corrected chi connectivity index (χ3v) is 8.60. The first-order valence-corrected chi connectivity index (χ1v) is 13.7. The van der Waals surface area contributed by atoms with Gasteiger partial charge in [0.05, 0.1) is 16.6 Å². The Morgan fingerprint density at radius 3 is 2.48 bits per heavy atom. The van der Waals surface area contributed by atoms with Gasteiger partial charge in [0, 0.05) is 17.7 Å². The molecule has 9 nitrogen and oxygen atoms in total. The number of carboxylic acids is 1. The number of likely N-dealkylation sites (tertiary alicyclic amines) is 1. The summed E-state index contributed by atoms with van der Waals surface area (Å²) < 4.78 is 52.2. The first-order valence-electron chi connectivity index (χ1n) is 12.5. The van der Waals surface area contributed by atoms with Crippen LogP contribution in [0.1, 0.15) is 36.5 Å². The smallest absolute Gasteiger partial charge is 0.422 e. The van der Waals surface area contributed by atoms with Crippen molar-refractivity contribution in [2.45, 2.75) is 35.6 Å². The Hall–Kier alpha value is -3.30. The minimum absolute atomic E-state index is 0.00495. The molecule has 0 amide bonds. The molecule has 0 spiro atoms. The number of halogens is 4. The van der Waals surface area contributed by atoms with E-state index in [9.17, 15) is 23.1 Å². The Morgan fingerprint density at radius 1 is 1.07 bits per heavy atom. The summed E-state index contributed by atoms with van der Waals surface area (Å²) in [5.41, 5.74) is -0.409. The number of hydrogen-bond donors (Lipinski definition) is 2. The first-order chi connectivity index (χ1) is 19.1. The van der Waals surface area contributed by atoms with Gasteiger partial charge < -0.3 is 19.3 Å². The lowest BCUT2D eigenvalue weighted by molar-refractivity contribution is -0.139. The number of aliphatic carboxylic acids is 1. The molecule has 1 aliphatic rings. The van der Waals surface area contributed by atoms with E-state index in [-0.39, 0.29) is 27.8 Å². The lowest BCUT2D eigenvalue weighted by Crippen LogP contribution is -2.44. The summed E-state index contributed by atoms with van der Waals surface area (Å²) in [5, 5.41) is 27.4. The molecular formula is C27H24F3IN4O5. The van der Waals surface area contributed by atoms with E-state index in [0.29, 0.717) is 17.7 Å². The first kappa shape index (κ1) is 28.2. The summed E-state index contributed by atoms with van der Waals surface area (Å²) in [6.45, 7) is 1.10. The molecule has 2 aromatic heterocycles. The predicted octanol–water partition coefficient (Wildman–Crippen LogP) is 6.06. The molecule has 40 heavy (non-hydrogen) atoms. The van der Waals surface area contributed by atoms with Crippen LogP contribution in [0.25, 0.3) is 34.3 Å². The molecule has 0 radical (unpaired) electrons. The fourth-order valence-corrected chi connectivity index (χ4v) is 5.96. The molecule has 5 rings (SSSR count). The topological polar surface area (TPSA) is 126 Å². The van der Waals surface area contributed by atoms with E-state index in [1.54, 1.807) is 42.5 Å². The van der Waals surface area contributed by atoms with Gasteiger partial charge in [0.1, 0.15) is 5.56 Å². The number of aliphatic hydroxyl groups is 1. The van der Waals surface area contributed by atoms with Crippen LogP contribution in [0.5, 0.6) is 0 Å². The largest absolute Gasteiger partial charge is 0.481 e. The van der Waals surface area contributed by atoms with Crippen LogP contribution in [0.4, 0.5) is 13.2 Å². The van der Waals surface area contributed by atoms with Gasteiger partial charge in [-0.1, -0.05) is 87.5 Å². The zero-order chi connectivity index (χ0) is 28.4. The number of aliphatic hydroxyl groups excluding tert-OH is 1. The third-order valence-electron chi connectivity index (χ3n) is 6.80. The van der Waals surface area contributed by atoms with Gasteiger partial charge >= 0.3 is 12.1 Å². The number of β-amino-alcohol motifs (C(OH)–C–C–N with tert-alkyl or cyclic N) is 1. The number of nitrogens with zero attached hydrogens (tertiary/aromatic N) is 4. The molecule has 3 heterocycles. The standard InChI is InChI=1S/C27H24F3IN4O5/c28-27(29,30)21-22(33-39-23(21)16-5-2-1-3-6-16)26-32-25(34-40-26)17-10-8-15(9-11-17)19(36)14-35-12-4-7-18(24(35)31)13-20(37)38/h1-3,5-6,8-11,18-19,24,36H,4,7,12-14H2,(H,37,38)/t18-,19?,24?/m1/s1. The van der Waals surface area contributed by atoms with Crippen molar-refractivity contribution in [2.75, 3.05) is 13.1 Å². The highest BCUT2D eigenvalue weighted by atomic mass is 127. The van der Waals surface area contributed by atoms with Crippen molar-refractivity contribution < 1.29 is 37.2 Å². The number of aromatic nitrogens is 3. The van der Waals surface area contributed by atoms with Gasteiger partial charge in [-0.15, -0.1) is 0 Å². The molecule has 4 aromatic rings. The van der Waals surface area contributed by atoms with Gasteiger partial charge in [0.15, 0.2) is 11.5 Å². The number of alkyl halides is 4. The third kappa shape index (κ3) is 6.05. The minimum Gasteiger partial charge on any atom is -0.481 e. The number of carboxylic acid groups (broad SMARTS) is 1. The molecule has 210 valence electrons. The Labute approximate surface area is 240 Å². The van der Waals surface area contributed by atoms with Gasteiger partial charge in [0.2, 0.25) is 5.82 Å². The highest BCUT2D eigenvalue weighted by Crippen LogP contribution is 2.43. The molecule has 13 heteroatoms. The maximum absolute atomic E-state index is 14.0. The molecule has 1 saturated heterocycles. The Morgan fingerprint density at radius 2 is 1.80 bits per heavy atom. The van der Waals surface area contributed by atoms with E-state index in [1.807, 2.05) is 0 Å². The molecule has 2 aromatic carbocycles. The average molecular weight is 668 g/mol. The van der Waals surface area contributed by atoms with E-state index in [0.717, 1.165) is 19.4 Å². The van der Waals surface area contributed by atoms with Crippen molar-refractivity contribution >= 4 is 28.6 Å². The van der Waals surface area contributed by atoms with E-state index < -0.39 is 41.2 Å². The van der Waals surface area contributed by atoms with Crippen LogP contribution in [-0.4, -0.2) is 53.5 Å². The van der Waals surface area contributed by atoms with Gasteiger partial charge in [-0.05, 0) is 30.9 Å². The molecule has 2 unspecified atom stereocenters. The van der Waals surface area contributed by atoms with Crippen molar-refractivity contribution in [3.63, 3.8) is 0 Å². The highest BCUT2D eigenvalue weighted by Gasteiger charge is 2.43. The SMILES string of the molecule is O=C(O)C[C@H]1CCCN(CC(O)c2ccc(-c3noc(-c4noc(-c5ccccc5)c4C(F)(F)F)n3)cc2)C1I. The fourth-order valence-electron chi connectivity index (χ4n) is 4.84. The summed E-state index contributed by atoms with van der Waals surface area (Å²) in [7, 11) is 0. The summed E-state index contributed by atoms with van der Waals surface area (Å²) in [5.74, 6) is -1.65. The second-order valence-corrected chi connectivity index (χ2v) is 10.8. The summed E-state index contributed by atoms with van der Waals surface area (Å²) in [6.07, 6.45) is -3.82. The molecule has 0 aliphatic carbocycles. The quantitative estimate of drug-likeness (QED) is 0.131. The maximum atomic E-state index is 14.0. The lowest BCUT2D eigenvalue weighted by Gasteiger charge is -2.38. The normalized spacial score (nSPS) is 19.0. The predicted molar refractivity (Wildman–Crippen MR) is 145 cm³/mol. The van der Waals surface area contributed by atoms with Crippen molar-refractivity contribution in [1.82, 2.24) is 20.2 Å². The molecule has 0 bridgehead atoms. The van der Waals surface area contributed by atoms with Crippen LogP contribution in [0.3, 0.4) is 0 Å². The summed E-state index contributed by atoms with van der Waals surface area (Å²) >= 11 is 2.24. The second kappa shape index (κ2) is 11.7. The van der Waals surface area contributed by atoms with Crippen LogP contribution in [0, 0.1) is 5.92 Å². The van der Waals surface area contributed by atoms with Gasteiger partial charge in [-0.2, -0.15) is 18.2 Å². The van der Waals surface area contributed by atoms with Crippen LogP contribution >= 0.6 is 22.6 Å². The Balaban J connectivity index is 1.32. The van der Waals surface area contributed by atoms with E-state index in [1.165, 1.54) is 12.1 Å². The van der Waals surface area contributed by atoms with Crippen LogP contribution in [-0.2, 0) is 11.0 Å². The van der Waals surface area contributed by atoms with E-state index in [4.69, 9.17) is 14.2 Å².